The number of nitrogens with zero attached hydrogens (tertiary/aromatic N) is 4. The van der Waals surface area contributed by atoms with Crippen molar-refractivity contribution < 1.29 is 13.9 Å². The van der Waals surface area contributed by atoms with Crippen molar-refractivity contribution in [1.82, 2.24) is 19.9 Å². The molecule has 0 radical (unpaired) electrons. The number of carbonyl (C=O) groups excluding carboxylic acids is 1. The van der Waals surface area contributed by atoms with Gasteiger partial charge in [-0.05, 0) is 44.0 Å². The number of carbonyl (C=O) groups is 1. The zero-order chi connectivity index (χ0) is 16.9. The van der Waals surface area contributed by atoms with E-state index < -0.39 is 0 Å². The molecule has 1 aromatic carbocycles. The van der Waals surface area contributed by atoms with Crippen LogP contribution >= 0.6 is 0 Å². The van der Waals surface area contributed by atoms with Gasteiger partial charge in [0.25, 0.3) is 0 Å². The van der Waals surface area contributed by atoms with Gasteiger partial charge in [-0.1, -0.05) is 5.21 Å². The fraction of sp³-hybridized carbons (Fsp3) is 0.471. The molecule has 3 rings (SSSR count). The summed E-state index contributed by atoms with van der Waals surface area (Å²) in [7, 11) is 0. The Morgan fingerprint density at radius 2 is 2.17 bits per heavy atom. The minimum absolute atomic E-state index is 0.0476. The van der Waals surface area contributed by atoms with Crippen LogP contribution in [0.5, 0.6) is 5.75 Å². The minimum Gasteiger partial charge on any atom is -0.493 e. The second kappa shape index (κ2) is 7.42. The highest BCUT2D eigenvalue weighted by molar-refractivity contribution is 5.76. The van der Waals surface area contributed by atoms with Crippen molar-refractivity contribution in [2.75, 3.05) is 19.7 Å². The first-order chi connectivity index (χ1) is 11.6. The standard InChI is InChI=1S/C17H21FN4O2/c1-13-9-22(20-19-13)11-17(23)21-8-2-3-14(10-21)12-24-16-6-4-15(18)5-7-16/h4-7,9,14H,2-3,8,10-12H2,1H3. The van der Waals surface area contributed by atoms with E-state index in [1.807, 2.05) is 11.8 Å². The minimum atomic E-state index is -0.278. The largest absolute Gasteiger partial charge is 0.493 e. The highest BCUT2D eigenvalue weighted by Gasteiger charge is 2.24. The summed E-state index contributed by atoms with van der Waals surface area (Å²) in [5.41, 5.74) is 0.798. The molecule has 24 heavy (non-hydrogen) atoms. The third kappa shape index (κ3) is 4.31. The van der Waals surface area contributed by atoms with Crippen molar-refractivity contribution in [3.05, 3.63) is 42.0 Å². The molecule has 1 saturated heterocycles. The Morgan fingerprint density at radius 1 is 1.38 bits per heavy atom. The van der Waals surface area contributed by atoms with Gasteiger partial charge < -0.3 is 9.64 Å². The highest BCUT2D eigenvalue weighted by Crippen LogP contribution is 2.19. The van der Waals surface area contributed by atoms with E-state index in [-0.39, 0.29) is 24.2 Å². The second-order valence-electron chi connectivity index (χ2n) is 6.17. The smallest absolute Gasteiger partial charge is 0.244 e. The van der Waals surface area contributed by atoms with Crippen molar-refractivity contribution in [3.63, 3.8) is 0 Å². The average Bonchev–Trinajstić information content (AvgIpc) is 2.99. The molecule has 2 heterocycles. The average molecular weight is 332 g/mol. The van der Waals surface area contributed by atoms with E-state index in [2.05, 4.69) is 10.3 Å². The Morgan fingerprint density at radius 3 is 2.88 bits per heavy atom. The van der Waals surface area contributed by atoms with E-state index in [0.29, 0.717) is 18.9 Å². The van der Waals surface area contributed by atoms with E-state index in [4.69, 9.17) is 4.74 Å². The predicted octanol–water partition coefficient (Wildman–Crippen LogP) is 2.04. The van der Waals surface area contributed by atoms with Crippen LogP contribution < -0.4 is 4.74 Å². The van der Waals surface area contributed by atoms with Gasteiger partial charge in [-0.3, -0.25) is 4.79 Å². The molecule has 0 spiro atoms. The zero-order valence-electron chi connectivity index (χ0n) is 13.7. The van der Waals surface area contributed by atoms with E-state index in [9.17, 15) is 9.18 Å². The van der Waals surface area contributed by atoms with Crippen molar-refractivity contribution in [1.29, 1.82) is 0 Å². The van der Waals surface area contributed by atoms with Gasteiger partial charge in [0, 0.05) is 25.2 Å². The van der Waals surface area contributed by atoms with Crippen molar-refractivity contribution in [2.24, 2.45) is 5.92 Å². The van der Waals surface area contributed by atoms with Crippen molar-refractivity contribution in [3.8, 4) is 5.75 Å². The maximum Gasteiger partial charge on any atom is 0.244 e. The zero-order valence-corrected chi connectivity index (χ0v) is 13.7. The summed E-state index contributed by atoms with van der Waals surface area (Å²) in [5.74, 6) is 0.703. The molecule has 1 fully saturated rings. The van der Waals surface area contributed by atoms with Crippen LogP contribution in [-0.2, 0) is 11.3 Å². The van der Waals surface area contributed by atoms with E-state index in [1.165, 1.54) is 12.1 Å². The lowest BCUT2D eigenvalue weighted by molar-refractivity contribution is -0.134. The number of hydrogen-bond donors (Lipinski definition) is 0. The van der Waals surface area contributed by atoms with Crippen LogP contribution in [0.4, 0.5) is 4.39 Å². The lowest BCUT2D eigenvalue weighted by Crippen LogP contribution is -2.43. The van der Waals surface area contributed by atoms with Gasteiger partial charge in [0.05, 0.1) is 12.3 Å². The number of benzene rings is 1. The molecule has 1 atom stereocenters. The number of halogens is 1. The molecule has 1 aliphatic heterocycles. The Hall–Kier alpha value is -2.44. The quantitative estimate of drug-likeness (QED) is 0.841. The second-order valence-corrected chi connectivity index (χ2v) is 6.17. The van der Waals surface area contributed by atoms with E-state index in [1.54, 1.807) is 23.0 Å². The van der Waals surface area contributed by atoms with E-state index in [0.717, 1.165) is 25.1 Å². The molecule has 6 nitrogen and oxygen atoms in total. The third-order valence-corrected chi connectivity index (χ3v) is 4.12. The fourth-order valence-corrected chi connectivity index (χ4v) is 2.88. The van der Waals surface area contributed by atoms with Gasteiger partial charge in [0.1, 0.15) is 18.1 Å². The third-order valence-electron chi connectivity index (χ3n) is 4.12. The van der Waals surface area contributed by atoms with Crippen LogP contribution in [0.15, 0.2) is 30.5 Å². The van der Waals surface area contributed by atoms with Gasteiger partial charge in [0.2, 0.25) is 5.91 Å². The van der Waals surface area contributed by atoms with Crippen LogP contribution in [0.1, 0.15) is 18.5 Å². The molecule has 7 heteroatoms. The van der Waals surface area contributed by atoms with Crippen molar-refractivity contribution in [2.45, 2.75) is 26.3 Å². The van der Waals surface area contributed by atoms with Gasteiger partial charge in [-0.15, -0.1) is 5.10 Å². The van der Waals surface area contributed by atoms with Crippen LogP contribution in [0.25, 0.3) is 0 Å². The van der Waals surface area contributed by atoms with Crippen molar-refractivity contribution >= 4 is 5.91 Å². The predicted molar refractivity (Wildman–Crippen MR) is 86.0 cm³/mol. The number of amides is 1. The summed E-state index contributed by atoms with van der Waals surface area (Å²) >= 11 is 0. The molecule has 0 aliphatic carbocycles. The maximum atomic E-state index is 12.9. The number of rotatable bonds is 5. The molecule has 2 aromatic rings. The topological polar surface area (TPSA) is 60.2 Å². The van der Waals surface area contributed by atoms with Gasteiger partial charge in [0.15, 0.2) is 0 Å². The lowest BCUT2D eigenvalue weighted by Gasteiger charge is -2.32. The first kappa shape index (κ1) is 16.4. The monoisotopic (exact) mass is 332 g/mol. The Labute approximate surface area is 140 Å². The molecule has 0 saturated carbocycles. The van der Waals surface area contributed by atoms with Crippen LogP contribution in [0.3, 0.4) is 0 Å². The fourth-order valence-electron chi connectivity index (χ4n) is 2.88. The summed E-state index contributed by atoms with van der Waals surface area (Å²) in [6.07, 6.45) is 3.74. The normalized spacial score (nSPS) is 17.8. The molecule has 128 valence electrons. The van der Waals surface area contributed by atoms with Gasteiger partial charge >= 0.3 is 0 Å². The SMILES string of the molecule is Cc1cn(CC(=O)N2CCCC(COc3ccc(F)cc3)C2)nn1. The Bertz CT molecular complexity index is 686. The summed E-state index contributed by atoms with van der Waals surface area (Å²) in [5, 5.41) is 7.81. The Balaban J connectivity index is 1.50. The van der Waals surface area contributed by atoms with Gasteiger partial charge in [-0.2, -0.15) is 0 Å². The number of aryl methyl sites for hydroxylation is 1. The first-order valence-corrected chi connectivity index (χ1v) is 8.13. The van der Waals surface area contributed by atoms with Crippen LogP contribution in [0.2, 0.25) is 0 Å². The van der Waals surface area contributed by atoms with E-state index >= 15 is 0 Å². The number of piperidine rings is 1. The number of aromatic nitrogens is 3. The number of ether oxygens (including phenoxy) is 1. The number of hydrogen-bond acceptors (Lipinski definition) is 4. The molecule has 0 N–H and O–H groups in total. The highest BCUT2D eigenvalue weighted by atomic mass is 19.1. The van der Waals surface area contributed by atoms with Crippen LogP contribution in [-0.4, -0.2) is 45.5 Å². The first-order valence-electron chi connectivity index (χ1n) is 8.13. The number of likely N-dealkylation sites (tertiary alicyclic amines) is 1. The Kier molecular flexibility index (Phi) is 5.08. The summed E-state index contributed by atoms with van der Waals surface area (Å²) < 4.78 is 20.2. The summed E-state index contributed by atoms with van der Waals surface area (Å²) in [4.78, 5) is 14.2. The van der Waals surface area contributed by atoms with Gasteiger partial charge in [-0.25, -0.2) is 9.07 Å². The molecule has 1 aliphatic rings. The summed E-state index contributed by atoms with van der Waals surface area (Å²) in [6.45, 7) is 4.02. The van der Waals surface area contributed by atoms with Crippen LogP contribution in [0, 0.1) is 18.7 Å². The summed E-state index contributed by atoms with van der Waals surface area (Å²) in [6, 6.07) is 6.00. The molecular weight excluding hydrogens is 311 g/mol. The molecule has 1 unspecified atom stereocenters. The maximum absolute atomic E-state index is 12.9. The molecular formula is C17H21FN4O2. The molecule has 1 amide bonds. The lowest BCUT2D eigenvalue weighted by atomic mass is 9.99. The molecule has 1 aromatic heterocycles. The molecule has 0 bridgehead atoms.